The smallest absolute Gasteiger partial charge is 0.123 e. The van der Waals surface area contributed by atoms with Crippen molar-refractivity contribution in [2.45, 2.75) is 0 Å². The Labute approximate surface area is 119 Å². The van der Waals surface area contributed by atoms with Gasteiger partial charge in [0.1, 0.15) is 11.4 Å². The van der Waals surface area contributed by atoms with Crippen molar-refractivity contribution < 1.29 is 5.11 Å². The van der Waals surface area contributed by atoms with Crippen LogP contribution in [0.3, 0.4) is 0 Å². The molecular formula is C12H7Cl3N2O. The van der Waals surface area contributed by atoms with Gasteiger partial charge in [-0.1, -0.05) is 34.8 Å². The molecule has 0 radical (unpaired) electrons. The fourth-order valence-electron chi connectivity index (χ4n) is 1.26. The van der Waals surface area contributed by atoms with Gasteiger partial charge in [-0.3, -0.25) is 0 Å². The fraction of sp³-hybridized carbons (Fsp3) is 0. The van der Waals surface area contributed by atoms with E-state index >= 15 is 0 Å². The number of rotatable bonds is 2. The monoisotopic (exact) mass is 300 g/mol. The van der Waals surface area contributed by atoms with E-state index in [0.717, 1.165) is 0 Å². The molecule has 2 rings (SSSR count). The summed E-state index contributed by atoms with van der Waals surface area (Å²) in [6.07, 6.45) is 0. The van der Waals surface area contributed by atoms with Crippen LogP contribution in [0.25, 0.3) is 0 Å². The number of phenolic OH excluding ortho intramolecular Hbond substituents is 1. The standard InChI is InChI=1S/C12H7Cl3N2O/c13-7-5-10(14)12(11(15)6-7)17-16-8-1-3-9(18)4-2-8/h1-6,18H/b17-16+. The zero-order chi connectivity index (χ0) is 13.1. The van der Waals surface area contributed by atoms with Crippen molar-refractivity contribution in [2.75, 3.05) is 0 Å². The molecule has 92 valence electrons. The lowest BCUT2D eigenvalue weighted by atomic mass is 10.3. The van der Waals surface area contributed by atoms with E-state index < -0.39 is 0 Å². The van der Waals surface area contributed by atoms with Crippen molar-refractivity contribution in [2.24, 2.45) is 10.2 Å². The molecule has 3 nitrogen and oxygen atoms in total. The molecule has 0 aromatic heterocycles. The van der Waals surface area contributed by atoms with Gasteiger partial charge in [0.2, 0.25) is 0 Å². The van der Waals surface area contributed by atoms with E-state index in [4.69, 9.17) is 39.9 Å². The van der Waals surface area contributed by atoms with Crippen LogP contribution in [-0.4, -0.2) is 5.11 Å². The third-order valence-corrected chi connectivity index (χ3v) is 2.89. The second kappa shape index (κ2) is 5.57. The first-order valence-corrected chi connectivity index (χ1v) is 6.05. The highest BCUT2D eigenvalue weighted by molar-refractivity contribution is 6.41. The molecule has 0 bridgehead atoms. The Morgan fingerprint density at radius 2 is 1.39 bits per heavy atom. The predicted molar refractivity (Wildman–Crippen MR) is 73.8 cm³/mol. The number of aromatic hydroxyl groups is 1. The van der Waals surface area contributed by atoms with Gasteiger partial charge in [0.15, 0.2) is 0 Å². The number of nitrogens with zero attached hydrogens (tertiary/aromatic N) is 2. The van der Waals surface area contributed by atoms with Crippen LogP contribution < -0.4 is 0 Å². The maximum atomic E-state index is 9.13. The summed E-state index contributed by atoms with van der Waals surface area (Å²) in [4.78, 5) is 0. The van der Waals surface area contributed by atoms with Crippen LogP contribution in [0.15, 0.2) is 46.6 Å². The van der Waals surface area contributed by atoms with Crippen molar-refractivity contribution in [1.82, 2.24) is 0 Å². The first-order chi connectivity index (χ1) is 8.56. The van der Waals surface area contributed by atoms with Gasteiger partial charge < -0.3 is 5.11 Å². The number of hydrogen-bond acceptors (Lipinski definition) is 3. The molecule has 0 atom stereocenters. The van der Waals surface area contributed by atoms with Gasteiger partial charge in [-0.2, -0.15) is 5.11 Å². The predicted octanol–water partition coefficient (Wildman–Crippen LogP) is 5.77. The summed E-state index contributed by atoms with van der Waals surface area (Å²) in [6, 6.07) is 9.35. The third kappa shape index (κ3) is 3.13. The summed E-state index contributed by atoms with van der Waals surface area (Å²) in [7, 11) is 0. The molecule has 1 N–H and O–H groups in total. The molecular weight excluding hydrogens is 295 g/mol. The second-order valence-corrected chi connectivity index (χ2v) is 4.69. The van der Waals surface area contributed by atoms with Gasteiger partial charge in [0.25, 0.3) is 0 Å². The van der Waals surface area contributed by atoms with Crippen LogP contribution in [0, 0.1) is 0 Å². The first kappa shape index (κ1) is 13.1. The van der Waals surface area contributed by atoms with Crippen molar-refractivity contribution in [3.8, 4) is 5.75 Å². The molecule has 0 fully saturated rings. The molecule has 2 aromatic carbocycles. The lowest BCUT2D eigenvalue weighted by molar-refractivity contribution is 0.475. The average molecular weight is 302 g/mol. The van der Waals surface area contributed by atoms with E-state index in [-0.39, 0.29) is 5.75 Å². The van der Waals surface area contributed by atoms with Crippen LogP contribution in [0.2, 0.25) is 15.1 Å². The van der Waals surface area contributed by atoms with Crippen molar-refractivity contribution >= 4 is 46.2 Å². The summed E-state index contributed by atoms with van der Waals surface area (Å²) in [5.74, 6) is 0.163. The zero-order valence-corrected chi connectivity index (χ0v) is 11.2. The minimum Gasteiger partial charge on any atom is -0.508 e. The van der Waals surface area contributed by atoms with Gasteiger partial charge in [-0.05, 0) is 36.4 Å². The minimum absolute atomic E-state index is 0.163. The summed E-state index contributed by atoms with van der Waals surface area (Å²) in [5.41, 5.74) is 0.936. The molecule has 0 aliphatic heterocycles. The maximum Gasteiger partial charge on any atom is 0.123 e. The van der Waals surface area contributed by atoms with Gasteiger partial charge in [-0.25, -0.2) is 0 Å². The largest absolute Gasteiger partial charge is 0.508 e. The molecule has 0 unspecified atom stereocenters. The number of benzene rings is 2. The van der Waals surface area contributed by atoms with E-state index in [1.165, 1.54) is 12.1 Å². The Balaban J connectivity index is 2.31. The van der Waals surface area contributed by atoms with Crippen LogP contribution in [0.1, 0.15) is 0 Å². The maximum absolute atomic E-state index is 9.13. The van der Waals surface area contributed by atoms with Crippen molar-refractivity contribution in [1.29, 1.82) is 0 Å². The highest BCUT2D eigenvalue weighted by Crippen LogP contribution is 2.36. The number of phenols is 1. The minimum atomic E-state index is 0.163. The van der Waals surface area contributed by atoms with E-state index in [0.29, 0.717) is 26.4 Å². The Kier molecular flexibility index (Phi) is 4.07. The Morgan fingerprint density at radius 3 is 1.94 bits per heavy atom. The molecule has 2 aromatic rings. The zero-order valence-electron chi connectivity index (χ0n) is 8.94. The lowest BCUT2D eigenvalue weighted by Crippen LogP contribution is -1.72. The Bertz CT molecular complexity index is 574. The van der Waals surface area contributed by atoms with Crippen molar-refractivity contribution in [3.63, 3.8) is 0 Å². The average Bonchev–Trinajstić information content (AvgIpc) is 2.30. The topological polar surface area (TPSA) is 45.0 Å². The summed E-state index contributed by atoms with van der Waals surface area (Å²) in [6.45, 7) is 0. The second-order valence-electron chi connectivity index (χ2n) is 3.43. The molecule has 0 aliphatic rings. The summed E-state index contributed by atoms with van der Waals surface area (Å²) in [5, 5.41) is 18.2. The molecule has 0 spiro atoms. The van der Waals surface area contributed by atoms with Gasteiger partial charge in [-0.15, -0.1) is 5.11 Å². The molecule has 0 aliphatic carbocycles. The number of halogens is 3. The summed E-state index contributed by atoms with van der Waals surface area (Å²) >= 11 is 17.7. The normalized spacial score (nSPS) is 11.1. The lowest BCUT2D eigenvalue weighted by Gasteiger charge is -2.01. The fourth-order valence-corrected chi connectivity index (χ4v) is 2.15. The van der Waals surface area contributed by atoms with Gasteiger partial charge in [0, 0.05) is 5.02 Å². The SMILES string of the molecule is Oc1ccc(/N=N/c2c(Cl)cc(Cl)cc2Cl)cc1. The van der Waals surface area contributed by atoms with E-state index in [1.807, 2.05) is 0 Å². The van der Waals surface area contributed by atoms with E-state index in [9.17, 15) is 0 Å². The Hall–Kier alpha value is -1.29. The van der Waals surface area contributed by atoms with Gasteiger partial charge >= 0.3 is 0 Å². The summed E-state index contributed by atoms with van der Waals surface area (Å²) < 4.78 is 0. The molecule has 0 heterocycles. The number of azo groups is 1. The van der Waals surface area contributed by atoms with Gasteiger partial charge in [0.05, 0.1) is 15.7 Å². The van der Waals surface area contributed by atoms with Crippen molar-refractivity contribution in [3.05, 3.63) is 51.5 Å². The first-order valence-electron chi connectivity index (χ1n) is 4.91. The van der Waals surface area contributed by atoms with E-state index in [1.54, 1.807) is 24.3 Å². The molecule has 18 heavy (non-hydrogen) atoms. The highest BCUT2D eigenvalue weighted by atomic mass is 35.5. The molecule has 6 heteroatoms. The van der Waals surface area contributed by atoms with E-state index in [2.05, 4.69) is 10.2 Å². The third-order valence-electron chi connectivity index (χ3n) is 2.10. The van der Waals surface area contributed by atoms with Crippen LogP contribution in [0.5, 0.6) is 5.75 Å². The molecule has 0 saturated heterocycles. The van der Waals surface area contributed by atoms with Crippen LogP contribution >= 0.6 is 34.8 Å². The number of hydrogen-bond donors (Lipinski definition) is 1. The molecule has 0 amide bonds. The highest BCUT2D eigenvalue weighted by Gasteiger charge is 2.06. The molecule has 0 saturated carbocycles. The van der Waals surface area contributed by atoms with Crippen LogP contribution in [-0.2, 0) is 0 Å². The Morgan fingerprint density at radius 1 is 0.833 bits per heavy atom. The van der Waals surface area contributed by atoms with Crippen LogP contribution in [0.4, 0.5) is 11.4 Å². The quantitative estimate of drug-likeness (QED) is 0.703.